The van der Waals surface area contributed by atoms with E-state index in [9.17, 15) is 9.90 Å². The van der Waals surface area contributed by atoms with Crippen LogP contribution in [0.2, 0.25) is 0 Å². The van der Waals surface area contributed by atoms with E-state index in [4.69, 9.17) is 0 Å². The minimum atomic E-state index is -0.854. The molecule has 1 aromatic carbocycles. The Bertz CT molecular complexity index is 626. The highest BCUT2D eigenvalue weighted by molar-refractivity contribution is 9.10. The van der Waals surface area contributed by atoms with Gasteiger partial charge in [0.25, 0.3) is 0 Å². The fourth-order valence-electron chi connectivity index (χ4n) is 2.44. The Labute approximate surface area is 129 Å². The molecule has 1 aliphatic rings. The van der Waals surface area contributed by atoms with E-state index in [0.29, 0.717) is 6.54 Å². The predicted octanol–water partition coefficient (Wildman–Crippen LogP) is 4.39. The number of thiazole rings is 1. The van der Waals surface area contributed by atoms with Gasteiger partial charge >= 0.3 is 6.09 Å². The van der Waals surface area contributed by atoms with Crippen LogP contribution < -0.4 is 0 Å². The summed E-state index contributed by atoms with van der Waals surface area (Å²) in [4.78, 5) is 18.2. The van der Waals surface area contributed by atoms with E-state index in [0.717, 1.165) is 32.8 Å². The Hall–Kier alpha value is -1.40. The number of halogens is 1. The molecule has 1 aromatic heterocycles. The van der Waals surface area contributed by atoms with Gasteiger partial charge in [0.05, 0.1) is 10.9 Å². The largest absolute Gasteiger partial charge is 0.465 e. The van der Waals surface area contributed by atoms with Crippen LogP contribution in [0.3, 0.4) is 0 Å². The molecule has 1 unspecified atom stereocenters. The first-order chi connectivity index (χ1) is 9.65. The van der Waals surface area contributed by atoms with Crippen molar-refractivity contribution in [2.75, 3.05) is 6.54 Å². The van der Waals surface area contributed by atoms with Gasteiger partial charge in [-0.05, 0) is 30.5 Å². The molecule has 3 rings (SSSR count). The average molecular weight is 353 g/mol. The first kappa shape index (κ1) is 13.6. The van der Waals surface area contributed by atoms with E-state index in [-0.39, 0.29) is 6.04 Å². The molecule has 4 nitrogen and oxygen atoms in total. The molecule has 0 aliphatic carbocycles. The molecule has 1 aliphatic heterocycles. The first-order valence-corrected chi connectivity index (χ1v) is 7.97. The summed E-state index contributed by atoms with van der Waals surface area (Å²) in [5, 5.41) is 10.1. The zero-order valence-electron chi connectivity index (χ0n) is 10.6. The van der Waals surface area contributed by atoms with Crippen LogP contribution in [0.1, 0.15) is 23.9 Å². The van der Waals surface area contributed by atoms with Crippen molar-refractivity contribution in [3.05, 3.63) is 39.9 Å². The number of hydrogen-bond acceptors (Lipinski definition) is 3. The number of amides is 1. The first-order valence-electron chi connectivity index (χ1n) is 6.36. The molecule has 0 spiro atoms. The summed E-state index contributed by atoms with van der Waals surface area (Å²) in [6, 6.07) is 7.97. The number of carbonyl (C=O) groups is 1. The van der Waals surface area contributed by atoms with Crippen LogP contribution in [0.5, 0.6) is 0 Å². The summed E-state index contributed by atoms with van der Waals surface area (Å²) >= 11 is 5.00. The number of rotatable bonds is 2. The molecule has 1 fully saturated rings. The third-order valence-corrected chi connectivity index (χ3v) is 5.11. The van der Waals surface area contributed by atoms with Crippen LogP contribution in [-0.2, 0) is 0 Å². The van der Waals surface area contributed by atoms with Crippen LogP contribution >= 0.6 is 27.3 Å². The molecule has 0 radical (unpaired) electrons. The molecule has 1 N–H and O–H groups in total. The third kappa shape index (κ3) is 2.58. The van der Waals surface area contributed by atoms with Crippen molar-refractivity contribution in [3.8, 4) is 10.4 Å². The van der Waals surface area contributed by atoms with Gasteiger partial charge in [-0.25, -0.2) is 9.78 Å². The molecule has 0 saturated carbocycles. The summed E-state index contributed by atoms with van der Waals surface area (Å²) in [7, 11) is 0. The number of hydrogen-bond donors (Lipinski definition) is 1. The summed E-state index contributed by atoms with van der Waals surface area (Å²) in [6.07, 6.45) is 2.75. The lowest BCUT2D eigenvalue weighted by molar-refractivity contribution is 0.140. The fourth-order valence-corrected chi connectivity index (χ4v) is 3.78. The summed E-state index contributed by atoms with van der Waals surface area (Å²) in [5.41, 5.74) is 1.11. The lowest BCUT2D eigenvalue weighted by Crippen LogP contribution is -2.28. The quantitative estimate of drug-likeness (QED) is 0.871. The van der Waals surface area contributed by atoms with Crippen LogP contribution in [0, 0.1) is 0 Å². The molecule has 2 heterocycles. The van der Waals surface area contributed by atoms with Crippen molar-refractivity contribution < 1.29 is 9.90 Å². The van der Waals surface area contributed by atoms with Gasteiger partial charge in [0.2, 0.25) is 0 Å². The van der Waals surface area contributed by atoms with Crippen molar-refractivity contribution in [2.45, 2.75) is 18.9 Å². The number of likely N-dealkylation sites (tertiary alicyclic amines) is 1. The van der Waals surface area contributed by atoms with Crippen molar-refractivity contribution in [1.82, 2.24) is 9.88 Å². The van der Waals surface area contributed by atoms with E-state index in [1.165, 1.54) is 4.90 Å². The van der Waals surface area contributed by atoms with E-state index >= 15 is 0 Å². The van der Waals surface area contributed by atoms with Gasteiger partial charge in [-0.2, -0.15) is 0 Å². The summed E-state index contributed by atoms with van der Waals surface area (Å²) in [5.74, 6) is 0. The molecular formula is C14H13BrN2O2S. The number of carboxylic acid groups (broad SMARTS) is 1. The molecule has 1 atom stereocenters. The van der Waals surface area contributed by atoms with Crippen molar-refractivity contribution in [1.29, 1.82) is 0 Å². The standard InChI is InChI=1S/C14H13BrN2O2S/c15-10-5-3-9(4-6-10)12-8-16-13(20-12)11-2-1-7-17(11)14(18)19/h3-6,8,11H,1-2,7H2,(H,18,19). The van der Waals surface area contributed by atoms with E-state index in [2.05, 4.69) is 20.9 Å². The minimum absolute atomic E-state index is 0.0818. The smallest absolute Gasteiger partial charge is 0.407 e. The van der Waals surface area contributed by atoms with Gasteiger partial charge in [0.15, 0.2) is 0 Å². The maximum atomic E-state index is 11.2. The van der Waals surface area contributed by atoms with Gasteiger partial charge in [-0.15, -0.1) is 11.3 Å². The second kappa shape index (κ2) is 5.54. The van der Waals surface area contributed by atoms with E-state index in [1.54, 1.807) is 11.3 Å². The van der Waals surface area contributed by atoms with Crippen molar-refractivity contribution >= 4 is 33.4 Å². The zero-order chi connectivity index (χ0) is 14.1. The van der Waals surface area contributed by atoms with Crippen LogP contribution in [-0.4, -0.2) is 27.6 Å². The Kier molecular flexibility index (Phi) is 3.76. The molecule has 1 amide bonds. The molecule has 1 saturated heterocycles. The molecule has 104 valence electrons. The van der Waals surface area contributed by atoms with Crippen molar-refractivity contribution in [2.24, 2.45) is 0 Å². The third-order valence-electron chi connectivity index (χ3n) is 3.44. The van der Waals surface area contributed by atoms with Gasteiger partial charge < -0.3 is 5.11 Å². The maximum Gasteiger partial charge on any atom is 0.407 e. The molecule has 20 heavy (non-hydrogen) atoms. The summed E-state index contributed by atoms with van der Waals surface area (Å²) in [6.45, 7) is 0.604. The van der Waals surface area contributed by atoms with E-state index in [1.807, 2.05) is 30.5 Å². The van der Waals surface area contributed by atoms with Gasteiger partial charge in [-0.3, -0.25) is 4.90 Å². The zero-order valence-corrected chi connectivity index (χ0v) is 13.0. The lowest BCUT2D eigenvalue weighted by Gasteiger charge is -2.18. The van der Waals surface area contributed by atoms with Gasteiger partial charge in [-0.1, -0.05) is 28.1 Å². The minimum Gasteiger partial charge on any atom is -0.465 e. The second-order valence-corrected chi connectivity index (χ2v) is 6.68. The topological polar surface area (TPSA) is 53.4 Å². The molecule has 6 heteroatoms. The molecule has 2 aromatic rings. The van der Waals surface area contributed by atoms with Gasteiger partial charge in [0.1, 0.15) is 5.01 Å². The Morgan fingerprint density at radius 2 is 2.15 bits per heavy atom. The number of benzene rings is 1. The Morgan fingerprint density at radius 1 is 1.40 bits per heavy atom. The normalized spacial score (nSPS) is 18.4. The number of aromatic nitrogens is 1. The Morgan fingerprint density at radius 3 is 2.85 bits per heavy atom. The number of nitrogens with zero attached hydrogens (tertiary/aromatic N) is 2. The highest BCUT2D eigenvalue weighted by Gasteiger charge is 2.31. The monoisotopic (exact) mass is 352 g/mol. The van der Waals surface area contributed by atoms with Crippen LogP contribution in [0.15, 0.2) is 34.9 Å². The highest BCUT2D eigenvalue weighted by atomic mass is 79.9. The fraction of sp³-hybridized carbons (Fsp3) is 0.286. The average Bonchev–Trinajstić information content (AvgIpc) is 3.08. The Balaban J connectivity index is 1.86. The lowest BCUT2D eigenvalue weighted by atomic mass is 10.2. The van der Waals surface area contributed by atoms with E-state index < -0.39 is 6.09 Å². The van der Waals surface area contributed by atoms with Crippen molar-refractivity contribution in [3.63, 3.8) is 0 Å². The second-order valence-electron chi connectivity index (χ2n) is 4.70. The highest BCUT2D eigenvalue weighted by Crippen LogP contribution is 2.37. The molecule has 0 bridgehead atoms. The summed E-state index contributed by atoms with van der Waals surface area (Å²) < 4.78 is 1.04. The SMILES string of the molecule is O=C(O)N1CCCC1c1ncc(-c2ccc(Br)cc2)s1. The van der Waals surface area contributed by atoms with Crippen LogP contribution in [0.4, 0.5) is 4.79 Å². The van der Waals surface area contributed by atoms with Crippen LogP contribution in [0.25, 0.3) is 10.4 Å². The maximum absolute atomic E-state index is 11.2. The van der Waals surface area contributed by atoms with Gasteiger partial charge in [0, 0.05) is 17.2 Å². The predicted molar refractivity (Wildman–Crippen MR) is 82.0 cm³/mol. The molecular weight excluding hydrogens is 340 g/mol.